The predicted octanol–water partition coefficient (Wildman–Crippen LogP) is 4.11. The van der Waals surface area contributed by atoms with Crippen molar-refractivity contribution in [2.45, 2.75) is 66.0 Å². The average Bonchev–Trinajstić information content (AvgIpc) is 3.47. The Kier molecular flexibility index (Phi) is 10.7. The van der Waals surface area contributed by atoms with Gasteiger partial charge in [-0.05, 0) is 43.9 Å². The van der Waals surface area contributed by atoms with Crippen molar-refractivity contribution in [3.63, 3.8) is 0 Å². The topological polar surface area (TPSA) is 144 Å². The van der Waals surface area contributed by atoms with Crippen molar-refractivity contribution in [2.75, 3.05) is 12.8 Å². The number of amides is 3. The van der Waals surface area contributed by atoms with Crippen LogP contribution in [0.25, 0.3) is 11.3 Å². The Morgan fingerprint density at radius 1 is 1.00 bits per heavy atom. The predicted molar refractivity (Wildman–Crippen MR) is 161 cm³/mol. The molecule has 226 valence electrons. The van der Waals surface area contributed by atoms with E-state index in [-0.39, 0.29) is 12.2 Å². The number of benzene rings is 2. The summed E-state index contributed by atoms with van der Waals surface area (Å²) in [5, 5.41) is 3.72. The van der Waals surface area contributed by atoms with Crippen LogP contribution >= 0.6 is 0 Å². The summed E-state index contributed by atoms with van der Waals surface area (Å²) in [4.78, 5) is 42.0. The maximum absolute atomic E-state index is 14.4. The highest BCUT2D eigenvalue weighted by atomic mass is 32.2. The van der Waals surface area contributed by atoms with Gasteiger partial charge in [-0.15, -0.1) is 0 Å². The van der Waals surface area contributed by atoms with E-state index in [1.54, 1.807) is 56.3 Å². The number of carbonyl (C=O) groups excluding carboxylic acids is 3. The van der Waals surface area contributed by atoms with Crippen molar-refractivity contribution in [2.24, 2.45) is 11.7 Å². The van der Waals surface area contributed by atoms with Crippen molar-refractivity contribution in [1.82, 2.24) is 14.4 Å². The lowest BCUT2D eigenvalue weighted by atomic mass is 9.98. The first-order chi connectivity index (χ1) is 19.8. The zero-order valence-electron chi connectivity index (χ0n) is 25.0. The average molecular weight is 597 g/mol. The van der Waals surface area contributed by atoms with Gasteiger partial charge in [-0.1, -0.05) is 73.8 Å². The molecule has 0 spiro atoms. The Labute approximate surface area is 247 Å². The van der Waals surface area contributed by atoms with Gasteiger partial charge in [0.1, 0.15) is 12.1 Å². The van der Waals surface area contributed by atoms with E-state index in [0.29, 0.717) is 34.0 Å². The maximum Gasteiger partial charge on any atom is 0.259 e. The van der Waals surface area contributed by atoms with Crippen molar-refractivity contribution in [3.8, 4) is 11.3 Å². The monoisotopic (exact) mass is 596 g/mol. The SMILES string of the molecule is CCCCS(=O)(=O)N(C(=O)[C@@H](Cc1ccc(-c2ccno2)cc1)N(C)C(=O)c1cc(C)cc(C)c1)[C@H](C(N)=O)C(C)C. The van der Waals surface area contributed by atoms with Gasteiger partial charge < -0.3 is 15.2 Å². The van der Waals surface area contributed by atoms with E-state index in [1.165, 1.54) is 18.1 Å². The number of sulfonamides is 1. The van der Waals surface area contributed by atoms with Gasteiger partial charge >= 0.3 is 0 Å². The van der Waals surface area contributed by atoms with E-state index < -0.39 is 45.7 Å². The molecule has 2 atom stereocenters. The van der Waals surface area contributed by atoms with Crippen LogP contribution in [0, 0.1) is 19.8 Å². The van der Waals surface area contributed by atoms with Crippen LogP contribution in [0.5, 0.6) is 0 Å². The Morgan fingerprint density at radius 2 is 1.62 bits per heavy atom. The molecule has 0 saturated heterocycles. The number of hydrogen-bond acceptors (Lipinski definition) is 7. The second-order valence-corrected chi connectivity index (χ2v) is 12.9. The van der Waals surface area contributed by atoms with Crippen molar-refractivity contribution < 1.29 is 27.3 Å². The first kappa shape index (κ1) is 32.5. The lowest BCUT2D eigenvalue weighted by Crippen LogP contribution is -2.59. The summed E-state index contributed by atoms with van der Waals surface area (Å²) in [6.45, 7) is 8.83. The van der Waals surface area contributed by atoms with Crippen LogP contribution in [-0.4, -0.2) is 65.4 Å². The van der Waals surface area contributed by atoms with E-state index in [4.69, 9.17) is 10.3 Å². The summed E-state index contributed by atoms with van der Waals surface area (Å²) < 4.78 is 33.1. The number of likely N-dealkylation sites (N-methyl/N-ethyl adjacent to an activating group) is 1. The second-order valence-electron chi connectivity index (χ2n) is 11.0. The second kappa shape index (κ2) is 13.8. The highest BCUT2D eigenvalue weighted by molar-refractivity contribution is 7.89. The van der Waals surface area contributed by atoms with Crippen molar-refractivity contribution >= 4 is 27.7 Å². The minimum atomic E-state index is -4.26. The van der Waals surface area contributed by atoms with Gasteiger partial charge in [0.2, 0.25) is 15.9 Å². The van der Waals surface area contributed by atoms with Gasteiger partial charge in [-0.3, -0.25) is 14.4 Å². The maximum atomic E-state index is 14.4. The molecule has 0 unspecified atom stereocenters. The minimum Gasteiger partial charge on any atom is -0.368 e. The fourth-order valence-electron chi connectivity index (χ4n) is 4.96. The molecule has 1 aromatic heterocycles. The molecule has 0 aliphatic heterocycles. The summed E-state index contributed by atoms with van der Waals surface area (Å²) in [6, 6.07) is 11.5. The molecule has 11 heteroatoms. The molecule has 3 amide bonds. The molecule has 3 rings (SSSR count). The number of nitrogens with zero attached hydrogens (tertiary/aromatic N) is 3. The molecule has 0 saturated carbocycles. The van der Waals surface area contributed by atoms with Crippen LogP contribution in [0.15, 0.2) is 59.3 Å². The molecule has 10 nitrogen and oxygen atoms in total. The molecule has 1 heterocycles. The number of carbonyl (C=O) groups is 3. The van der Waals surface area contributed by atoms with Gasteiger partial charge in [-0.2, -0.15) is 0 Å². The van der Waals surface area contributed by atoms with Crippen LogP contribution in [0.1, 0.15) is 60.7 Å². The van der Waals surface area contributed by atoms with Crippen LogP contribution in [0.4, 0.5) is 0 Å². The number of aryl methyl sites for hydroxylation is 2. The molecule has 0 bridgehead atoms. The Bertz CT molecular complexity index is 1480. The fraction of sp³-hybridized carbons (Fsp3) is 0.419. The minimum absolute atomic E-state index is 0.00801. The van der Waals surface area contributed by atoms with E-state index >= 15 is 0 Å². The van der Waals surface area contributed by atoms with Gasteiger partial charge in [0.15, 0.2) is 5.76 Å². The number of nitrogens with two attached hydrogens (primary N) is 1. The van der Waals surface area contributed by atoms with E-state index in [0.717, 1.165) is 16.7 Å². The number of hydrogen-bond donors (Lipinski definition) is 1. The summed E-state index contributed by atoms with van der Waals surface area (Å²) in [5.74, 6) is -2.64. The largest absolute Gasteiger partial charge is 0.368 e. The zero-order valence-corrected chi connectivity index (χ0v) is 25.8. The molecule has 0 aliphatic rings. The lowest BCUT2D eigenvalue weighted by Gasteiger charge is -2.36. The molecule has 0 fully saturated rings. The van der Waals surface area contributed by atoms with Crippen molar-refractivity contribution in [1.29, 1.82) is 0 Å². The highest BCUT2D eigenvalue weighted by Gasteiger charge is 2.43. The third-order valence-corrected chi connectivity index (χ3v) is 8.91. The summed E-state index contributed by atoms with van der Waals surface area (Å²) in [7, 11) is -2.79. The molecular formula is C31H40N4O6S. The normalized spacial score (nSPS) is 13.0. The lowest BCUT2D eigenvalue weighted by molar-refractivity contribution is -0.138. The molecule has 3 aromatic rings. The number of aromatic nitrogens is 1. The molecule has 42 heavy (non-hydrogen) atoms. The van der Waals surface area contributed by atoms with Crippen LogP contribution in [0.2, 0.25) is 0 Å². The Morgan fingerprint density at radius 3 is 2.12 bits per heavy atom. The van der Waals surface area contributed by atoms with E-state index in [2.05, 4.69) is 5.16 Å². The highest BCUT2D eigenvalue weighted by Crippen LogP contribution is 2.25. The first-order valence-electron chi connectivity index (χ1n) is 14.0. The van der Waals surface area contributed by atoms with Crippen LogP contribution < -0.4 is 5.73 Å². The van der Waals surface area contributed by atoms with Crippen molar-refractivity contribution in [3.05, 3.63) is 77.0 Å². The Balaban J connectivity index is 2.12. The van der Waals surface area contributed by atoms with Crippen LogP contribution in [0.3, 0.4) is 0 Å². The third kappa shape index (κ3) is 7.64. The third-order valence-electron chi connectivity index (χ3n) is 7.10. The smallest absolute Gasteiger partial charge is 0.259 e. The molecule has 2 aromatic carbocycles. The fourth-order valence-corrected chi connectivity index (χ4v) is 6.90. The molecule has 0 radical (unpaired) electrons. The molecule has 0 aliphatic carbocycles. The Hall–Kier alpha value is -3.99. The molecule has 2 N–H and O–H groups in total. The first-order valence-corrected chi connectivity index (χ1v) is 15.6. The van der Waals surface area contributed by atoms with Gasteiger partial charge in [-0.25, -0.2) is 12.7 Å². The summed E-state index contributed by atoms with van der Waals surface area (Å²) >= 11 is 0. The standard InChI is InChI=1S/C31H40N4O6S/c1-7-8-15-42(39,40)35(28(20(2)3)29(32)36)31(38)26(34(6)30(37)25-17-21(4)16-22(5)18-25)19-23-9-11-24(12-10-23)27-13-14-33-41-27/h9-14,16-18,20,26,28H,7-8,15,19H2,1-6H3,(H2,32,36)/t26-,28+/m1/s1. The van der Waals surface area contributed by atoms with E-state index in [1.807, 2.05) is 26.8 Å². The number of rotatable bonds is 13. The molecular weight excluding hydrogens is 556 g/mol. The number of unbranched alkanes of at least 4 members (excludes halogenated alkanes) is 1. The van der Waals surface area contributed by atoms with E-state index in [9.17, 15) is 22.8 Å². The van der Waals surface area contributed by atoms with Gasteiger partial charge in [0, 0.05) is 30.7 Å². The summed E-state index contributed by atoms with van der Waals surface area (Å²) in [6.07, 6.45) is 2.38. The van der Waals surface area contributed by atoms with Gasteiger partial charge in [0.25, 0.3) is 11.8 Å². The van der Waals surface area contributed by atoms with Gasteiger partial charge in [0.05, 0.1) is 11.9 Å². The van der Waals surface area contributed by atoms with Crippen LogP contribution in [-0.2, 0) is 26.0 Å². The quantitative estimate of drug-likeness (QED) is 0.313. The number of primary amides is 1. The summed E-state index contributed by atoms with van der Waals surface area (Å²) in [5.41, 5.74) is 9.22. The zero-order chi connectivity index (χ0) is 31.2.